The number of benzene rings is 2. The maximum absolute atomic E-state index is 13.7. The normalized spacial score (nSPS) is 14.0. The summed E-state index contributed by atoms with van der Waals surface area (Å²) in [5, 5.41) is 12.3. The van der Waals surface area contributed by atoms with E-state index in [-0.39, 0.29) is 23.6 Å². The average molecular weight is 809 g/mol. The Morgan fingerprint density at radius 1 is 0.333 bits per heavy atom. The number of nitrogens with one attached hydrogen (secondary N) is 8. The third-order valence-electron chi connectivity index (χ3n) is 12.2. The first-order valence-corrected chi connectivity index (χ1v) is 21.0. The Kier molecular flexibility index (Phi) is 12.0. The summed E-state index contributed by atoms with van der Waals surface area (Å²) in [6, 6.07) is 15.6. The van der Waals surface area contributed by atoms with E-state index in [0.717, 1.165) is 89.5 Å². The van der Waals surface area contributed by atoms with Crippen LogP contribution in [0.15, 0.2) is 48.5 Å². The molecule has 4 aliphatic rings. The number of hydrogen-bond donors (Lipinski definition) is 8. The molecule has 312 valence electrons. The van der Waals surface area contributed by atoms with E-state index in [1.807, 2.05) is 104 Å². The van der Waals surface area contributed by atoms with E-state index >= 15 is 0 Å². The summed E-state index contributed by atoms with van der Waals surface area (Å²) in [6.07, 6.45) is 2.61. The van der Waals surface area contributed by atoms with Crippen molar-refractivity contribution in [3.63, 3.8) is 0 Å². The minimum atomic E-state index is -0.209. The highest BCUT2D eigenvalue weighted by molar-refractivity contribution is 5.99. The molecule has 4 amide bonds. The van der Waals surface area contributed by atoms with Gasteiger partial charge in [0.1, 0.15) is 22.8 Å². The van der Waals surface area contributed by atoms with Crippen molar-refractivity contribution in [2.24, 2.45) is 0 Å². The van der Waals surface area contributed by atoms with Gasteiger partial charge in [0.25, 0.3) is 23.6 Å². The van der Waals surface area contributed by atoms with E-state index in [9.17, 15) is 19.2 Å². The lowest BCUT2D eigenvalue weighted by molar-refractivity contribution is 0.0937. The predicted octanol–water partition coefficient (Wildman–Crippen LogP) is 7.85. The van der Waals surface area contributed by atoms with Crippen LogP contribution in [0.25, 0.3) is 22.8 Å². The van der Waals surface area contributed by atoms with Gasteiger partial charge in [-0.15, -0.1) is 0 Å². The molecule has 0 radical (unpaired) electrons. The van der Waals surface area contributed by atoms with Crippen LogP contribution in [0, 0.1) is 27.7 Å². The lowest BCUT2D eigenvalue weighted by atomic mass is 10.0. The van der Waals surface area contributed by atoms with Gasteiger partial charge < -0.3 is 41.2 Å². The molecule has 8 heterocycles. The summed E-state index contributed by atoms with van der Waals surface area (Å²) in [5.41, 5.74) is 16.4. The zero-order valence-electron chi connectivity index (χ0n) is 35.9. The van der Waals surface area contributed by atoms with Crippen LogP contribution in [0.3, 0.4) is 0 Å². The van der Waals surface area contributed by atoms with Gasteiger partial charge in [-0.3, -0.25) is 19.2 Å². The molecule has 12 heteroatoms. The van der Waals surface area contributed by atoms with Gasteiger partial charge in [-0.2, -0.15) is 0 Å². The Hall–Kier alpha value is -6.56. The number of carbonyl (C=O) groups is 4. The van der Waals surface area contributed by atoms with Crippen LogP contribution < -0.4 is 21.3 Å². The maximum atomic E-state index is 13.7. The Bertz CT molecular complexity index is 2240. The molecule has 8 N–H and O–H groups in total. The molecule has 6 aromatic rings. The third kappa shape index (κ3) is 7.81. The second kappa shape index (κ2) is 17.3. The van der Waals surface area contributed by atoms with Crippen molar-refractivity contribution in [2.45, 2.75) is 107 Å². The smallest absolute Gasteiger partial charge is 0.268 e. The summed E-state index contributed by atoms with van der Waals surface area (Å²) in [7, 11) is 0. The van der Waals surface area contributed by atoms with Gasteiger partial charge in [-0.1, -0.05) is 76.2 Å². The van der Waals surface area contributed by atoms with Crippen LogP contribution in [-0.2, 0) is 51.9 Å². The minimum absolute atomic E-state index is 0.209. The zero-order valence-corrected chi connectivity index (χ0v) is 35.9. The fourth-order valence-electron chi connectivity index (χ4n) is 8.71. The molecule has 0 fully saturated rings. The molecule has 12 bridgehead atoms. The molecule has 0 saturated heterocycles. The molecule has 0 aliphatic carbocycles. The fraction of sp³-hybridized carbons (Fsp3) is 0.333. The maximum Gasteiger partial charge on any atom is 0.268 e. The van der Waals surface area contributed by atoms with Crippen LogP contribution in [-0.4, -0.2) is 43.6 Å². The Morgan fingerprint density at radius 2 is 0.517 bits per heavy atom. The van der Waals surface area contributed by atoms with Gasteiger partial charge in [-0.25, -0.2) is 0 Å². The number of H-pyrrole nitrogens is 4. The number of hydrogen-bond acceptors (Lipinski definition) is 4. The van der Waals surface area contributed by atoms with E-state index < -0.39 is 0 Å². The Balaban J connectivity index is 1.21. The summed E-state index contributed by atoms with van der Waals surface area (Å²) < 4.78 is 0. The first kappa shape index (κ1) is 41.6. The summed E-state index contributed by atoms with van der Waals surface area (Å²) >= 11 is 0. The number of aromatic amines is 4. The second-order valence-corrected chi connectivity index (χ2v) is 15.7. The molecule has 4 aromatic heterocycles. The lowest BCUT2D eigenvalue weighted by Gasteiger charge is -2.09. The Labute approximate surface area is 351 Å². The fourth-order valence-corrected chi connectivity index (χ4v) is 8.71. The number of amides is 4. The van der Waals surface area contributed by atoms with E-state index in [4.69, 9.17) is 0 Å². The largest absolute Gasteiger partial charge is 0.349 e. The van der Waals surface area contributed by atoms with Crippen molar-refractivity contribution in [3.8, 4) is 22.8 Å². The monoisotopic (exact) mass is 808 g/mol. The highest BCUT2D eigenvalue weighted by Crippen LogP contribution is 2.35. The minimum Gasteiger partial charge on any atom is -0.349 e. The van der Waals surface area contributed by atoms with E-state index in [2.05, 4.69) is 41.2 Å². The van der Waals surface area contributed by atoms with Crippen molar-refractivity contribution >= 4 is 23.6 Å². The second-order valence-electron chi connectivity index (χ2n) is 15.7. The van der Waals surface area contributed by atoms with Crippen LogP contribution in [0.1, 0.15) is 136 Å². The van der Waals surface area contributed by atoms with Gasteiger partial charge in [0, 0.05) is 26.2 Å². The summed E-state index contributed by atoms with van der Waals surface area (Å²) in [4.78, 5) is 68.5. The predicted molar refractivity (Wildman–Crippen MR) is 235 cm³/mol. The number of carbonyl (C=O) groups excluding carboxylic acids is 4. The van der Waals surface area contributed by atoms with Crippen LogP contribution in [0.5, 0.6) is 0 Å². The van der Waals surface area contributed by atoms with Gasteiger partial charge in [-0.05, 0) is 120 Å². The van der Waals surface area contributed by atoms with Crippen molar-refractivity contribution < 1.29 is 19.2 Å². The SMILES string of the molecule is CCc1c2[nH]c(c1C)-c1[nH]c(c(CC)c1C)C(=O)NCc1ccc(cc1)CNC(=O)c1[nH]c(c(C)c1CC)-c1[nH]c(c(CC)c1C)C(=O)NCc1ccc(cc1)CNC2=O. The van der Waals surface area contributed by atoms with Gasteiger partial charge in [0.2, 0.25) is 0 Å². The van der Waals surface area contributed by atoms with E-state index in [0.29, 0.717) is 74.6 Å². The molecule has 60 heavy (non-hydrogen) atoms. The zero-order chi connectivity index (χ0) is 42.8. The van der Waals surface area contributed by atoms with Gasteiger partial charge in [0.05, 0.1) is 22.8 Å². The van der Waals surface area contributed by atoms with Crippen molar-refractivity contribution in [2.75, 3.05) is 0 Å². The van der Waals surface area contributed by atoms with Crippen LogP contribution in [0.4, 0.5) is 0 Å². The molecule has 10 rings (SSSR count). The van der Waals surface area contributed by atoms with E-state index in [1.54, 1.807) is 0 Å². The highest BCUT2D eigenvalue weighted by Gasteiger charge is 2.27. The molecule has 12 nitrogen and oxygen atoms in total. The summed E-state index contributed by atoms with van der Waals surface area (Å²) in [5.74, 6) is -0.838. The van der Waals surface area contributed by atoms with Crippen molar-refractivity contribution in [3.05, 3.63) is 138 Å². The average Bonchev–Trinajstić information content (AvgIpc) is 3.98. The standard InChI is InChI=1S/C48H56N8O4/c1-9-33-25(5)37-38-26(6)34(10-2)42(54-38)46(58)50-22-31-17-19-32(20-18-31)24-52-48(60)44-36(12-4)28(8)40(56-44)39-27(7)35(11-3)43(55-39)47(59)51-23-30-15-13-29(14-16-30)21-49-45(57)41(33)53-37/h13-20,53-56H,9-12,21-24H2,1-8H3,(H,49,57)(H,50,58)(H,51,59)(H,52,60). The lowest BCUT2D eigenvalue weighted by Crippen LogP contribution is -2.25. The van der Waals surface area contributed by atoms with Crippen LogP contribution in [0.2, 0.25) is 0 Å². The summed E-state index contributed by atoms with van der Waals surface area (Å²) in [6.45, 7) is 17.4. The van der Waals surface area contributed by atoms with E-state index in [1.165, 1.54) is 0 Å². The molecule has 4 aliphatic heterocycles. The van der Waals surface area contributed by atoms with Gasteiger partial charge >= 0.3 is 0 Å². The molecule has 0 saturated carbocycles. The first-order chi connectivity index (χ1) is 28.9. The molecule has 0 atom stereocenters. The van der Waals surface area contributed by atoms with Crippen molar-refractivity contribution in [1.29, 1.82) is 0 Å². The third-order valence-corrected chi connectivity index (χ3v) is 12.2. The molecule has 0 spiro atoms. The van der Waals surface area contributed by atoms with Gasteiger partial charge in [0.15, 0.2) is 0 Å². The Morgan fingerprint density at radius 3 is 0.683 bits per heavy atom. The van der Waals surface area contributed by atoms with Crippen LogP contribution >= 0.6 is 0 Å². The number of rotatable bonds is 4. The molecular formula is C48H56N8O4. The quantitative estimate of drug-likeness (QED) is 0.0905. The molecular weight excluding hydrogens is 753 g/mol. The first-order valence-electron chi connectivity index (χ1n) is 21.0. The van der Waals surface area contributed by atoms with Crippen molar-refractivity contribution in [1.82, 2.24) is 41.2 Å². The highest BCUT2D eigenvalue weighted by atomic mass is 16.2. The molecule has 0 unspecified atom stereocenters. The molecule has 2 aromatic carbocycles. The topological polar surface area (TPSA) is 180 Å². The number of aromatic nitrogens is 4.